The summed E-state index contributed by atoms with van der Waals surface area (Å²) in [4.78, 5) is 11.2. The van der Waals surface area contributed by atoms with Gasteiger partial charge in [0.2, 0.25) is 5.91 Å². The molecule has 2 aliphatic carbocycles. The van der Waals surface area contributed by atoms with Gasteiger partial charge in [0.15, 0.2) is 0 Å². The Morgan fingerprint density at radius 3 is 1.89 bits per heavy atom. The van der Waals surface area contributed by atoms with Gasteiger partial charge in [0, 0.05) is 13.0 Å². The Hall–Kier alpha value is -1.00. The molecule has 1 N–H and O–H groups in total. The van der Waals surface area contributed by atoms with Crippen LogP contribution in [0.5, 0.6) is 0 Å². The number of amides is 1. The van der Waals surface area contributed by atoms with Crippen LogP contribution >= 0.6 is 0 Å². The fourth-order valence-electron chi connectivity index (χ4n) is 5.13. The molecule has 0 unspecified atom stereocenters. The van der Waals surface area contributed by atoms with E-state index in [1.54, 1.807) is 0 Å². The van der Waals surface area contributed by atoms with Crippen molar-refractivity contribution in [3.63, 3.8) is 0 Å². The zero-order valence-electron chi connectivity index (χ0n) is 16.5. The fraction of sp³-hybridized carbons (Fsp3) is 0.864. The van der Waals surface area contributed by atoms with Crippen molar-refractivity contribution in [1.29, 1.82) is 0 Å². The highest BCUT2D eigenvalue weighted by Gasteiger charge is 2.31. The molecule has 0 saturated heterocycles. The van der Waals surface area contributed by atoms with Crippen molar-refractivity contribution in [3.05, 3.63) is 12.7 Å². The van der Waals surface area contributed by atoms with Crippen molar-refractivity contribution >= 4 is 5.91 Å². The fourth-order valence-corrected chi connectivity index (χ4v) is 5.13. The largest absolute Gasteiger partial charge is 0.389 e. The van der Waals surface area contributed by atoms with Crippen LogP contribution in [0.15, 0.2) is 12.7 Å². The van der Waals surface area contributed by atoms with E-state index in [4.69, 9.17) is 0 Å². The van der Waals surface area contributed by atoms with Gasteiger partial charge >= 0.3 is 6.18 Å². The minimum absolute atomic E-state index is 0.0844. The third-order valence-electron chi connectivity index (χ3n) is 6.81. The Balaban J connectivity index is 1.55. The molecule has 2 saturated carbocycles. The molecule has 156 valence electrons. The second-order valence-corrected chi connectivity index (χ2v) is 8.71. The molecule has 0 aromatic heterocycles. The Labute approximate surface area is 162 Å². The molecule has 2 nitrogen and oxygen atoms in total. The topological polar surface area (TPSA) is 29.1 Å². The lowest BCUT2D eigenvalue weighted by Gasteiger charge is -2.38. The van der Waals surface area contributed by atoms with E-state index in [0.717, 1.165) is 43.6 Å². The van der Waals surface area contributed by atoms with Gasteiger partial charge < -0.3 is 5.32 Å². The molecule has 0 heterocycles. The average Bonchev–Trinajstić information content (AvgIpc) is 2.65. The molecule has 2 aliphatic rings. The molecule has 1 amide bonds. The monoisotopic (exact) mass is 387 g/mol. The van der Waals surface area contributed by atoms with E-state index in [-0.39, 0.29) is 5.91 Å². The lowest BCUT2D eigenvalue weighted by Crippen LogP contribution is -2.28. The first-order chi connectivity index (χ1) is 12.9. The van der Waals surface area contributed by atoms with Gasteiger partial charge in [-0.05, 0) is 68.3 Å². The Morgan fingerprint density at radius 2 is 1.41 bits per heavy atom. The zero-order valence-corrected chi connectivity index (χ0v) is 16.5. The van der Waals surface area contributed by atoms with Crippen LogP contribution in [0.2, 0.25) is 0 Å². The van der Waals surface area contributed by atoms with Crippen LogP contribution < -0.4 is 5.32 Å². The summed E-state index contributed by atoms with van der Waals surface area (Å²) in [5.41, 5.74) is 0. The molecule has 0 radical (unpaired) electrons. The molecule has 0 bridgehead atoms. The van der Waals surface area contributed by atoms with Gasteiger partial charge in [-0.25, -0.2) is 0 Å². The van der Waals surface area contributed by atoms with Crippen LogP contribution in [0.25, 0.3) is 0 Å². The van der Waals surface area contributed by atoms with Crippen molar-refractivity contribution in [3.8, 4) is 0 Å². The summed E-state index contributed by atoms with van der Waals surface area (Å²) in [6, 6.07) is 0. The van der Waals surface area contributed by atoms with Crippen molar-refractivity contribution < 1.29 is 18.0 Å². The lowest BCUT2D eigenvalue weighted by molar-refractivity contribution is -0.135. The smallest absolute Gasteiger partial charge is 0.353 e. The van der Waals surface area contributed by atoms with Crippen molar-refractivity contribution in [2.45, 2.75) is 89.6 Å². The highest BCUT2D eigenvalue weighted by Crippen LogP contribution is 2.42. The third kappa shape index (κ3) is 8.69. The van der Waals surface area contributed by atoms with Crippen LogP contribution in [0.1, 0.15) is 83.5 Å². The van der Waals surface area contributed by atoms with Crippen LogP contribution in [0.4, 0.5) is 13.2 Å². The average molecular weight is 388 g/mol. The van der Waals surface area contributed by atoms with Gasteiger partial charge in [-0.1, -0.05) is 45.1 Å². The summed E-state index contributed by atoms with van der Waals surface area (Å²) in [5.74, 6) is 2.97. The molecular weight excluding hydrogens is 351 g/mol. The van der Waals surface area contributed by atoms with Crippen LogP contribution in [0.3, 0.4) is 0 Å². The Kier molecular flexibility index (Phi) is 9.17. The number of carbonyl (C=O) groups is 1. The molecule has 5 heteroatoms. The molecule has 0 atom stereocenters. The van der Waals surface area contributed by atoms with Gasteiger partial charge in [-0.15, -0.1) is 0 Å². The van der Waals surface area contributed by atoms with E-state index < -0.39 is 12.6 Å². The Bertz CT molecular complexity index is 447. The van der Waals surface area contributed by atoms with E-state index in [1.165, 1.54) is 57.4 Å². The molecule has 0 aromatic carbocycles. The van der Waals surface area contributed by atoms with Crippen LogP contribution in [-0.4, -0.2) is 18.6 Å². The quantitative estimate of drug-likeness (QED) is 0.359. The van der Waals surface area contributed by atoms with Gasteiger partial charge in [-0.3, -0.25) is 4.79 Å². The van der Waals surface area contributed by atoms with Crippen LogP contribution in [0, 0.1) is 23.7 Å². The summed E-state index contributed by atoms with van der Waals surface area (Å²) < 4.78 is 36.6. The van der Waals surface area contributed by atoms with E-state index in [9.17, 15) is 18.0 Å². The molecule has 0 aliphatic heterocycles. The number of hydrogen-bond donors (Lipinski definition) is 1. The van der Waals surface area contributed by atoms with Crippen molar-refractivity contribution in [2.75, 3.05) is 6.54 Å². The number of unbranched alkanes of at least 4 members (excludes halogenated alkanes) is 1. The summed E-state index contributed by atoms with van der Waals surface area (Å²) in [6.45, 7) is 4.22. The first kappa shape index (κ1) is 22.3. The lowest BCUT2D eigenvalue weighted by atomic mass is 9.68. The maximum atomic E-state index is 12.2. The highest BCUT2D eigenvalue weighted by atomic mass is 19.4. The molecule has 2 fully saturated rings. The molecular formula is C22H36F3NO. The first-order valence-electron chi connectivity index (χ1n) is 10.8. The minimum atomic E-state index is -3.99. The summed E-state index contributed by atoms with van der Waals surface area (Å²) in [5, 5.41) is 2.87. The maximum absolute atomic E-state index is 12.2. The van der Waals surface area contributed by atoms with E-state index in [1.807, 2.05) is 0 Å². The first-order valence-corrected chi connectivity index (χ1v) is 10.8. The molecule has 0 aromatic rings. The second kappa shape index (κ2) is 11.1. The zero-order chi connectivity index (χ0) is 19.7. The number of alkyl halides is 3. The molecule has 2 rings (SSSR count). The van der Waals surface area contributed by atoms with E-state index in [2.05, 4.69) is 11.9 Å². The predicted octanol–water partition coefficient (Wildman–Crippen LogP) is 6.41. The number of nitrogens with one attached hydrogen (secondary N) is 1. The molecule has 27 heavy (non-hydrogen) atoms. The Morgan fingerprint density at radius 1 is 0.889 bits per heavy atom. The second-order valence-electron chi connectivity index (χ2n) is 8.71. The van der Waals surface area contributed by atoms with E-state index in [0.29, 0.717) is 12.3 Å². The number of carbonyl (C=O) groups excluding carboxylic acids is 1. The third-order valence-corrected chi connectivity index (χ3v) is 6.81. The van der Waals surface area contributed by atoms with Gasteiger partial charge in [-0.2, -0.15) is 13.2 Å². The highest BCUT2D eigenvalue weighted by molar-refractivity contribution is 5.86. The summed E-state index contributed by atoms with van der Waals surface area (Å²) in [6.07, 6.45) is 9.89. The van der Waals surface area contributed by atoms with Crippen molar-refractivity contribution in [2.24, 2.45) is 23.7 Å². The SMILES string of the molecule is C=CC(=O)NCCC1CCC(C2CCC(CCCCC(F)(F)F)CC2)CC1. The number of hydrogen-bond acceptors (Lipinski definition) is 1. The number of rotatable bonds is 9. The van der Waals surface area contributed by atoms with Gasteiger partial charge in [0.1, 0.15) is 0 Å². The summed E-state index contributed by atoms with van der Waals surface area (Å²) >= 11 is 0. The van der Waals surface area contributed by atoms with Crippen molar-refractivity contribution in [1.82, 2.24) is 5.32 Å². The molecule has 0 spiro atoms. The minimum Gasteiger partial charge on any atom is -0.353 e. The predicted molar refractivity (Wildman–Crippen MR) is 103 cm³/mol. The standard InChI is InChI=1S/C22H36F3NO/c1-2-21(27)26-16-14-18-8-12-20(13-9-18)19-10-6-17(7-11-19)5-3-4-15-22(23,24)25/h2,17-20H,1,3-16H2,(H,26,27). The van der Waals surface area contributed by atoms with E-state index >= 15 is 0 Å². The normalized spacial score (nSPS) is 29.3. The maximum Gasteiger partial charge on any atom is 0.389 e. The summed E-state index contributed by atoms with van der Waals surface area (Å²) in [7, 11) is 0. The van der Waals surface area contributed by atoms with Gasteiger partial charge in [0.05, 0.1) is 0 Å². The van der Waals surface area contributed by atoms with Crippen LogP contribution in [-0.2, 0) is 4.79 Å². The van der Waals surface area contributed by atoms with Gasteiger partial charge in [0.25, 0.3) is 0 Å². The number of halogens is 3.